The van der Waals surface area contributed by atoms with Gasteiger partial charge in [0.25, 0.3) is 5.91 Å². The van der Waals surface area contributed by atoms with E-state index >= 15 is 0 Å². The lowest BCUT2D eigenvalue weighted by atomic mass is 10.1. The lowest BCUT2D eigenvalue weighted by Crippen LogP contribution is -2.27. The molecule has 0 bridgehead atoms. The van der Waals surface area contributed by atoms with Crippen LogP contribution in [0.5, 0.6) is 0 Å². The highest BCUT2D eigenvalue weighted by Crippen LogP contribution is 2.15. The highest BCUT2D eigenvalue weighted by molar-refractivity contribution is 6.03. The molecule has 0 fully saturated rings. The summed E-state index contributed by atoms with van der Waals surface area (Å²) < 4.78 is 0. The van der Waals surface area contributed by atoms with Gasteiger partial charge >= 0.3 is 0 Å². The van der Waals surface area contributed by atoms with Gasteiger partial charge in [-0.1, -0.05) is 19.1 Å². The van der Waals surface area contributed by atoms with Gasteiger partial charge in [0.15, 0.2) is 0 Å². The first kappa shape index (κ1) is 14.2. The van der Waals surface area contributed by atoms with E-state index in [9.17, 15) is 9.59 Å². The zero-order valence-corrected chi connectivity index (χ0v) is 10.7. The molecular weight excluding hydrogens is 230 g/mol. The van der Waals surface area contributed by atoms with Crippen LogP contribution in [0.4, 0.5) is 5.69 Å². The van der Waals surface area contributed by atoms with E-state index in [1.165, 1.54) is 0 Å². The lowest BCUT2D eigenvalue weighted by molar-refractivity contribution is -0.116. The molecule has 0 aliphatic carbocycles. The number of nitrogens with one attached hydrogen (secondary N) is 2. The van der Waals surface area contributed by atoms with Crippen molar-refractivity contribution in [2.45, 2.75) is 25.8 Å². The first-order valence-electron chi connectivity index (χ1n) is 5.95. The summed E-state index contributed by atoms with van der Waals surface area (Å²) in [6, 6.07) is 6.71. The van der Waals surface area contributed by atoms with Crippen molar-refractivity contribution in [3.05, 3.63) is 29.8 Å². The summed E-state index contributed by atoms with van der Waals surface area (Å²) in [5.74, 6) is -0.411. The maximum Gasteiger partial charge on any atom is 0.253 e. The van der Waals surface area contributed by atoms with E-state index in [4.69, 9.17) is 5.73 Å². The third-order valence-corrected chi connectivity index (χ3v) is 2.64. The molecular formula is C13H19N3O2. The van der Waals surface area contributed by atoms with Crippen molar-refractivity contribution in [1.82, 2.24) is 5.32 Å². The quantitative estimate of drug-likeness (QED) is 0.731. The predicted octanol–water partition coefficient (Wildman–Crippen LogP) is 1.11. The van der Waals surface area contributed by atoms with Crippen LogP contribution >= 0.6 is 0 Å². The summed E-state index contributed by atoms with van der Waals surface area (Å²) in [6.07, 6.45) is 0.989. The molecule has 18 heavy (non-hydrogen) atoms. The van der Waals surface area contributed by atoms with Crippen molar-refractivity contribution in [3.8, 4) is 0 Å². The van der Waals surface area contributed by atoms with Crippen LogP contribution in [0.25, 0.3) is 0 Å². The Morgan fingerprint density at radius 3 is 2.61 bits per heavy atom. The minimum Gasteiger partial charge on any atom is -0.355 e. The highest BCUT2D eigenvalue weighted by atomic mass is 16.2. The molecule has 1 rings (SSSR count). The Hall–Kier alpha value is -1.88. The fraction of sp³-hybridized carbons (Fsp3) is 0.385. The molecule has 0 aliphatic rings. The number of anilines is 1. The van der Waals surface area contributed by atoms with Gasteiger partial charge in [0.2, 0.25) is 5.91 Å². The SMILES string of the molecule is CCC(N)CC(=O)Nc1ccccc1C(=O)NC. The van der Waals surface area contributed by atoms with E-state index in [2.05, 4.69) is 10.6 Å². The molecule has 4 N–H and O–H groups in total. The van der Waals surface area contributed by atoms with E-state index < -0.39 is 0 Å². The van der Waals surface area contributed by atoms with E-state index in [0.29, 0.717) is 11.3 Å². The second-order valence-corrected chi connectivity index (χ2v) is 4.05. The summed E-state index contributed by atoms with van der Waals surface area (Å²) >= 11 is 0. The third-order valence-electron chi connectivity index (χ3n) is 2.64. The molecule has 98 valence electrons. The van der Waals surface area contributed by atoms with Crippen LogP contribution < -0.4 is 16.4 Å². The smallest absolute Gasteiger partial charge is 0.253 e. The fourth-order valence-corrected chi connectivity index (χ4v) is 1.51. The summed E-state index contributed by atoms with van der Waals surface area (Å²) in [6.45, 7) is 1.93. The molecule has 0 spiro atoms. The van der Waals surface area contributed by atoms with Gasteiger partial charge in [0, 0.05) is 19.5 Å². The molecule has 0 aromatic heterocycles. The number of hydrogen-bond donors (Lipinski definition) is 3. The molecule has 0 saturated carbocycles. The average Bonchev–Trinajstić information content (AvgIpc) is 2.38. The van der Waals surface area contributed by atoms with Gasteiger partial charge in [-0.05, 0) is 18.6 Å². The summed E-state index contributed by atoms with van der Waals surface area (Å²) in [4.78, 5) is 23.3. The number of rotatable bonds is 5. The molecule has 1 aromatic carbocycles. The second kappa shape index (κ2) is 6.76. The number of nitrogens with two attached hydrogens (primary N) is 1. The van der Waals surface area contributed by atoms with Gasteiger partial charge in [0.1, 0.15) is 0 Å². The van der Waals surface area contributed by atoms with Crippen LogP contribution in [0.2, 0.25) is 0 Å². The average molecular weight is 249 g/mol. The maximum absolute atomic E-state index is 11.7. The molecule has 1 atom stereocenters. The monoisotopic (exact) mass is 249 g/mol. The van der Waals surface area contributed by atoms with E-state index in [1.807, 2.05) is 6.92 Å². The van der Waals surface area contributed by atoms with Crippen LogP contribution in [-0.4, -0.2) is 24.9 Å². The van der Waals surface area contributed by atoms with Gasteiger partial charge in [-0.15, -0.1) is 0 Å². The number of amides is 2. The fourth-order valence-electron chi connectivity index (χ4n) is 1.51. The zero-order chi connectivity index (χ0) is 13.5. The Morgan fingerprint density at radius 2 is 2.00 bits per heavy atom. The molecule has 2 amide bonds. The Balaban J connectivity index is 2.78. The lowest BCUT2D eigenvalue weighted by Gasteiger charge is -2.12. The normalized spacial score (nSPS) is 11.7. The van der Waals surface area contributed by atoms with Gasteiger partial charge in [-0.25, -0.2) is 0 Å². The number of benzene rings is 1. The van der Waals surface area contributed by atoms with Gasteiger partial charge in [-0.3, -0.25) is 9.59 Å². The molecule has 5 nitrogen and oxygen atoms in total. The number of carbonyl (C=O) groups excluding carboxylic acids is 2. The Labute approximate surface area is 107 Å². The summed E-state index contributed by atoms with van der Waals surface area (Å²) in [5, 5.41) is 5.24. The van der Waals surface area contributed by atoms with Gasteiger partial charge in [0.05, 0.1) is 11.3 Å². The molecule has 1 aromatic rings. The topological polar surface area (TPSA) is 84.2 Å². The first-order valence-corrected chi connectivity index (χ1v) is 5.95. The van der Waals surface area contributed by atoms with Crippen LogP contribution in [0.15, 0.2) is 24.3 Å². The van der Waals surface area contributed by atoms with E-state index in [-0.39, 0.29) is 24.3 Å². The van der Waals surface area contributed by atoms with Crippen LogP contribution in [-0.2, 0) is 4.79 Å². The maximum atomic E-state index is 11.7. The Kier molecular flexibility index (Phi) is 5.32. The van der Waals surface area contributed by atoms with E-state index in [1.54, 1.807) is 31.3 Å². The van der Waals surface area contributed by atoms with Crippen molar-refractivity contribution in [3.63, 3.8) is 0 Å². The van der Waals surface area contributed by atoms with Gasteiger partial charge in [-0.2, -0.15) is 0 Å². The molecule has 0 radical (unpaired) electrons. The minimum absolute atomic E-state index is 0.155. The molecule has 1 unspecified atom stereocenters. The van der Waals surface area contributed by atoms with Crippen molar-refractivity contribution >= 4 is 17.5 Å². The minimum atomic E-state index is -0.231. The van der Waals surface area contributed by atoms with Crippen LogP contribution in [0, 0.1) is 0 Å². The molecule has 0 saturated heterocycles. The summed E-state index contributed by atoms with van der Waals surface area (Å²) in [7, 11) is 1.55. The van der Waals surface area contributed by atoms with Crippen molar-refractivity contribution < 1.29 is 9.59 Å². The number of hydrogen-bond acceptors (Lipinski definition) is 3. The molecule has 0 aliphatic heterocycles. The number of carbonyl (C=O) groups is 2. The van der Waals surface area contributed by atoms with Gasteiger partial charge < -0.3 is 16.4 Å². The molecule has 5 heteroatoms. The first-order chi connectivity index (χ1) is 8.58. The summed E-state index contributed by atoms with van der Waals surface area (Å²) in [5.41, 5.74) is 6.66. The molecule has 0 heterocycles. The van der Waals surface area contributed by atoms with Crippen LogP contribution in [0.3, 0.4) is 0 Å². The Bertz CT molecular complexity index is 432. The second-order valence-electron chi connectivity index (χ2n) is 4.05. The van der Waals surface area contributed by atoms with Crippen molar-refractivity contribution in [2.75, 3.05) is 12.4 Å². The largest absolute Gasteiger partial charge is 0.355 e. The highest BCUT2D eigenvalue weighted by Gasteiger charge is 2.13. The number of para-hydroxylation sites is 1. The van der Waals surface area contributed by atoms with E-state index in [0.717, 1.165) is 6.42 Å². The van der Waals surface area contributed by atoms with Crippen molar-refractivity contribution in [2.24, 2.45) is 5.73 Å². The van der Waals surface area contributed by atoms with Crippen LogP contribution in [0.1, 0.15) is 30.1 Å². The zero-order valence-electron chi connectivity index (χ0n) is 10.7. The standard InChI is InChI=1S/C13H19N3O2/c1-3-9(14)8-12(17)16-11-7-5-4-6-10(11)13(18)15-2/h4-7,9H,3,8,14H2,1-2H3,(H,15,18)(H,16,17). The predicted molar refractivity (Wildman–Crippen MR) is 71.3 cm³/mol. The Morgan fingerprint density at radius 1 is 1.33 bits per heavy atom. The third kappa shape index (κ3) is 3.85. The van der Waals surface area contributed by atoms with Crippen molar-refractivity contribution in [1.29, 1.82) is 0 Å².